The van der Waals surface area contributed by atoms with Crippen molar-refractivity contribution in [2.45, 2.75) is 37.8 Å². The molecule has 0 spiro atoms. The molecule has 148 valence electrons. The van der Waals surface area contributed by atoms with E-state index in [0.717, 1.165) is 44.0 Å². The Bertz CT molecular complexity index is 638. The summed E-state index contributed by atoms with van der Waals surface area (Å²) >= 11 is 0. The third-order valence-corrected chi connectivity index (χ3v) is 6.01. The van der Waals surface area contributed by atoms with E-state index in [4.69, 9.17) is 4.74 Å². The fourth-order valence-corrected chi connectivity index (χ4v) is 4.15. The Morgan fingerprint density at radius 2 is 1.89 bits per heavy atom. The lowest BCUT2D eigenvalue weighted by molar-refractivity contribution is -0.140. The number of carbonyl (C=O) groups is 1. The number of halogens is 1. The molecule has 1 atom stereocenters. The number of nitrogens with zero attached hydrogens (tertiary/aromatic N) is 2. The Kier molecular flexibility index (Phi) is 6.05. The van der Waals surface area contributed by atoms with E-state index >= 15 is 0 Å². The molecule has 0 aromatic heterocycles. The molecule has 27 heavy (non-hydrogen) atoms. The summed E-state index contributed by atoms with van der Waals surface area (Å²) in [6, 6.07) is 6.60. The van der Waals surface area contributed by atoms with Gasteiger partial charge in [0.1, 0.15) is 11.9 Å². The molecule has 0 radical (unpaired) electrons. The minimum atomic E-state index is -0.416. The maximum atomic E-state index is 13.8. The highest BCUT2D eigenvalue weighted by Crippen LogP contribution is 2.29. The van der Waals surface area contributed by atoms with Gasteiger partial charge >= 0.3 is 0 Å². The van der Waals surface area contributed by atoms with Gasteiger partial charge in [-0.2, -0.15) is 0 Å². The number of piperidine rings is 1. The first-order valence-corrected chi connectivity index (χ1v) is 10.3. The van der Waals surface area contributed by atoms with Gasteiger partial charge in [-0.1, -0.05) is 12.1 Å². The van der Waals surface area contributed by atoms with Crippen LogP contribution < -0.4 is 5.32 Å². The zero-order chi connectivity index (χ0) is 18.6. The summed E-state index contributed by atoms with van der Waals surface area (Å²) in [4.78, 5) is 17.5. The number of carbonyl (C=O) groups excluding carboxylic acids is 1. The SMILES string of the molecule is O=C(C(c1cccc(F)c1)N1CCOCC1)N1CCC(NCC2CC2)CC1. The lowest BCUT2D eigenvalue weighted by Crippen LogP contribution is -2.51. The molecule has 4 rings (SSSR count). The highest BCUT2D eigenvalue weighted by atomic mass is 19.1. The van der Waals surface area contributed by atoms with Crippen molar-refractivity contribution in [1.29, 1.82) is 0 Å². The van der Waals surface area contributed by atoms with Gasteiger partial charge in [0.05, 0.1) is 13.2 Å². The van der Waals surface area contributed by atoms with Crippen molar-refractivity contribution in [1.82, 2.24) is 15.1 Å². The van der Waals surface area contributed by atoms with Crippen LogP contribution in [0.1, 0.15) is 37.3 Å². The van der Waals surface area contributed by atoms with Crippen LogP contribution in [0.4, 0.5) is 4.39 Å². The van der Waals surface area contributed by atoms with Crippen LogP contribution in [0.15, 0.2) is 24.3 Å². The fraction of sp³-hybridized carbons (Fsp3) is 0.667. The Morgan fingerprint density at radius 3 is 2.56 bits per heavy atom. The molecule has 1 aromatic rings. The zero-order valence-electron chi connectivity index (χ0n) is 15.9. The van der Waals surface area contributed by atoms with E-state index in [1.807, 2.05) is 11.0 Å². The molecule has 5 nitrogen and oxygen atoms in total. The summed E-state index contributed by atoms with van der Waals surface area (Å²) in [6.07, 6.45) is 4.72. The fourth-order valence-electron chi connectivity index (χ4n) is 4.15. The number of hydrogen-bond donors (Lipinski definition) is 1. The monoisotopic (exact) mass is 375 g/mol. The van der Waals surface area contributed by atoms with E-state index in [2.05, 4.69) is 10.2 Å². The summed E-state index contributed by atoms with van der Waals surface area (Å²) in [5, 5.41) is 3.66. The second-order valence-corrected chi connectivity index (χ2v) is 8.06. The predicted octanol–water partition coefficient (Wildman–Crippen LogP) is 2.19. The van der Waals surface area contributed by atoms with Crippen LogP contribution in [0.25, 0.3) is 0 Å². The van der Waals surface area contributed by atoms with Crippen molar-refractivity contribution in [3.8, 4) is 0 Å². The molecule has 3 aliphatic rings. The average molecular weight is 375 g/mol. The molecule has 1 aromatic carbocycles. The number of amides is 1. The smallest absolute Gasteiger partial charge is 0.244 e. The molecule has 1 amide bonds. The number of rotatable bonds is 6. The first-order valence-electron chi connectivity index (χ1n) is 10.3. The van der Waals surface area contributed by atoms with Crippen LogP contribution >= 0.6 is 0 Å². The Balaban J connectivity index is 1.42. The first kappa shape index (κ1) is 18.8. The molecular weight excluding hydrogens is 345 g/mol. The quantitative estimate of drug-likeness (QED) is 0.828. The standard InChI is InChI=1S/C21H30FN3O2/c22-18-3-1-2-17(14-18)20(24-10-12-27-13-11-24)21(26)25-8-6-19(7-9-25)23-15-16-4-5-16/h1-3,14,16,19-20,23H,4-13,15H2. The van der Waals surface area contributed by atoms with Gasteiger partial charge in [-0.15, -0.1) is 0 Å². The summed E-state index contributed by atoms with van der Waals surface area (Å²) in [5.74, 6) is 0.688. The van der Waals surface area contributed by atoms with Crippen LogP contribution in [0.3, 0.4) is 0 Å². The molecule has 1 saturated carbocycles. The van der Waals surface area contributed by atoms with E-state index < -0.39 is 6.04 Å². The molecule has 2 aliphatic heterocycles. The number of benzene rings is 1. The number of morpholine rings is 1. The van der Waals surface area contributed by atoms with E-state index in [-0.39, 0.29) is 11.7 Å². The minimum Gasteiger partial charge on any atom is -0.379 e. The molecule has 3 fully saturated rings. The van der Waals surface area contributed by atoms with Gasteiger partial charge in [0.15, 0.2) is 0 Å². The second-order valence-electron chi connectivity index (χ2n) is 8.06. The largest absolute Gasteiger partial charge is 0.379 e. The lowest BCUT2D eigenvalue weighted by atomic mass is 9.99. The van der Waals surface area contributed by atoms with Gasteiger partial charge in [0, 0.05) is 32.2 Å². The minimum absolute atomic E-state index is 0.100. The molecule has 2 saturated heterocycles. The number of ether oxygens (including phenoxy) is 1. The summed E-state index contributed by atoms with van der Waals surface area (Å²) < 4.78 is 19.3. The van der Waals surface area contributed by atoms with E-state index in [9.17, 15) is 9.18 Å². The first-order chi connectivity index (χ1) is 13.2. The summed E-state index contributed by atoms with van der Waals surface area (Å²) in [7, 11) is 0. The maximum absolute atomic E-state index is 13.8. The second kappa shape index (κ2) is 8.67. The zero-order valence-corrected chi connectivity index (χ0v) is 15.9. The van der Waals surface area contributed by atoms with Crippen LogP contribution in [-0.4, -0.2) is 67.7 Å². The van der Waals surface area contributed by atoms with Gasteiger partial charge in [-0.3, -0.25) is 9.69 Å². The molecule has 1 unspecified atom stereocenters. The van der Waals surface area contributed by atoms with Crippen molar-refractivity contribution in [3.63, 3.8) is 0 Å². The number of nitrogens with one attached hydrogen (secondary N) is 1. The molecule has 2 heterocycles. The van der Waals surface area contributed by atoms with Crippen molar-refractivity contribution in [3.05, 3.63) is 35.6 Å². The Hall–Kier alpha value is -1.50. The summed E-state index contributed by atoms with van der Waals surface area (Å²) in [6.45, 7) is 5.31. The van der Waals surface area contributed by atoms with Gasteiger partial charge in [0.2, 0.25) is 5.91 Å². The van der Waals surface area contributed by atoms with Crippen molar-refractivity contribution >= 4 is 5.91 Å². The van der Waals surface area contributed by atoms with Crippen molar-refractivity contribution in [2.24, 2.45) is 5.92 Å². The van der Waals surface area contributed by atoms with Gasteiger partial charge < -0.3 is 15.0 Å². The highest BCUT2D eigenvalue weighted by Gasteiger charge is 2.34. The molecule has 1 N–H and O–H groups in total. The van der Waals surface area contributed by atoms with Gasteiger partial charge in [-0.25, -0.2) is 4.39 Å². The van der Waals surface area contributed by atoms with E-state index in [1.54, 1.807) is 6.07 Å². The van der Waals surface area contributed by atoms with Gasteiger partial charge in [-0.05, 0) is 55.8 Å². The Labute approximate surface area is 160 Å². The van der Waals surface area contributed by atoms with E-state index in [1.165, 1.54) is 25.0 Å². The molecule has 1 aliphatic carbocycles. The highest BCUT2D eigenvalue weighted by molar-refractivity contribution is 5.83. The predicted molar refractivity (Wildman–Crippen MR) is 102 cm³/mol. The summed E-state index contributed by atoms with van der Waals surface area (Å²) in [5.41, 5.74) is 0.746. The van der Waals surface area contributed by atoms with E-state index in [0.29, 0.717) is 32.3 Å². The average Bonchev–Trinajstić information content (AvgIpc) is 3.52. The third-order valence-electron chi connectivity index (χ3n) is 6.01. The third kappa shape index (κ3) is 4.86. The topological polar surface area (TPSA) is 44.8 Å². The van der Waals surface area contributed by atoms with Crippen molar-refractivity contribution < 1.29 is 13.9 Å². The molecule has 6 heteroatoms. The Morgan fingerprint density at radius 1 is 1.15 bits per heavy atom. The van der Waals surface area contributed by atoms with Crippen LogP contribution in [0.2, 0.25) is 0 Å². The molecular formula is C21H30FN3O2. The maximum Gasteiger partial charge on any atom is 0.244 e. The molecule has 0 bridgehead atoms. The van der Waals surface area contributed by atoms with Gasteiger partial charge in [0.25, 0.3) is 0 Å². The lowest BCUT2D eigenvalue weighted by Gasteiger charge is -2.39. The van der Waals surface area contributed by atoms with Crippen molar-refractivity contribution in [2.75, 3.05) is 45.9 Å². The van der Waals surface area contributed by atoms with Crippen LogP contribution in [0, 0.1) is 11.7 Å². The normalized spacial score (nSPS) is 23.4. The number of likely N-dealkylation sites (tertiary alicyclic amines) is 1. The van der Waals surface area contributed by atoms with Crippen LogP contribution in [-0.2, 0) is 9.53 Å². The van der Waals surface area contributed by atoms with Crippen LogP contribution in [0.5, 0.6) is 0 Å². The number of hydrogen-bond acceptors (Lipinski definition) is 4.